The van der Waals surface area contributed by atoms with E-state index in [1.165, 1.54) is 10.6 Å². The van der Waals surface area contributed by atoms with Crippen LogP contribution in [0.25, 0.3) is 0 Å². The number of carbonyl (C=O) groups is 1. The van der Waals surface area contributed by atoms with Crippen molar-refractivity contribution in [1.82, 2.24) is 14.1 Å². The van der Waals surface area contributed by atoms with Gasteiger partial charge in [0.15, 0.2) is 0 Å². The summed E-state index contributed by atoms with van der Waals surface area (Å²) in [6, 6.07) is 6.01. The Balaban J connectivity index is 1.36. The molecule has 8 nitrogen and oxygen atoms in total. The van der Waals surface area contributed by atoms with Crippen LogP contribution in [-0.2, 0) is 21.3 Å². The van der Waals surface area contributed by atoms with Gasteiger partial charge < -0.3 is 14.5 Å². The summed E-state index contributed by atoms with van der Waals surface area (Å²) in [6.07, 6.45) is -16.1. The van der Waals surface area contributed by atoms with Gasteiger partial charge in [-0.2, -0.15) is 26.3 Å². The molecule has 1 aromatic rings. The van der Waals surface area contributed by atoms with Crippen LogP contribution in [0.2, 0.25) is 0 Å². The third kappa shape index (κ3) is 6.47. The first-order valence-electron chi connectivity index (χ1n) is 12.1. The van der Waals surface area contributed by atoms with Gasteiger partial charge >= 0.3 is 18.4 Å². The number of piperazine rings is 1. The van der Waals surface area contributed by atoms with E-state index in [2.05, 4.69) is 15.7 Å². The number of nitrogens with zero attached hydrogens (tertiary/aromatic N) is 4. The molecule has 15 heteroatoms. The summed E-state index contributed by atoms with van der Waals surface area (Å²) in [6.45, 7) is 5.21. The first kappa shape index (κ1) is 28.7. The molecule has 0 aromatic heterocycles. The Hall–Kier alpha value is -2.26. The Labute approximate surface area is 217 Å². The zero-order valence-corrected chi connectivity index (χ0v) is 21.7. The summed E-state index contributed by atoms with van der Waals surface area (Å²) in [5.41, 5.74) is 3.07. The monoisotopic (exact) mass is 572 g/mol. The highest BCUT2D eigenvalue weighted by Crippen LogP contribution is 2.38. The lowest BCUT2D eigenvalue weighted by Gasteiger charge is -2.36. The van der Waals surface area contributed by atoms with Crippen LogP contribution < -0.4 is 4.90 Å². The minimum absolute atomic E-state index is 0.0718. The number of alkyl halides is 6. The van der Waals surface area contributed by atoms with Crippen molar-refractivity contribution in [3.63, 3.8) is 0 Å². The number of amides is 1. The summed E-state index contributed by atoms with van der Waals surface area (Å²) in [5, 5.41) is 0. The fourth-order valence-electron chi connectivity index (χ4n) is 5.34. The number of hydrogen-bond donors (Lipinski definition) is 0. The molecule has 3 saturated heterocycles. The molecule has 3 heterocycles. The zero-order chi connectivity index (χ0) is 28.0. The van der Waals surface area contributed by atoms with E-state index >= 15 is 0 Å². The Morgan fingerprint density at radius 2 is 1.53 bits per heavy atom. The van der Waals surface area contributed by atoms with Crippen LogP contribution in [-0.4, -0.2) is 106 Å². The average Bonchev–Trinajstić information content (AvgIpc) is 3.37. The minimum atomic E-state index is -5.76. The molecule has 0 spiro atoms. The van der Waals surface area contributed by atoms with Crippen LogP contribution in [0.5, 0.6) is 0 Å². The topological polar surface area (TPSA) is 73.4 Å². The van der Waals surface area contributed by atoms with Gasteiger partial charge in [0.2, 0.25) is 10.0 Å². The number of rotatable bonds is 5. The molecule has 0 saturated carbocycles. The van der Waals surface area contributed by atoms with Crippen LogP contribution >= 0.6 is 0 Å². The Morgan fingerprint density at radius 3 is 2.03 bits per heavy atom. The third-order valence-electron chi connectivity index (χ3n) is 7.34. The second kappa shape index (κ2) is 10.4. The standard InChI is InChI=1S/C23H30F6N4O4S/c1-15-3-4-16(19(9-15)32-11-17-13-33(38(2,35)36)14-18(17)12-32)10-30-5-7-31(8-6-30)21(34)37-20(22(24,25)26)23(27,28)29/h3-4,9,17-18,20H,5-8,10-14H2,1-2H3. The Bertz CT molecular complexity index is 1110. The third-order valence-corrected chi connectivity index (χ3v) is 8.58. The molecule has 1 aromatic carbocycles. The molecular formula is C23H30F6N4O4S. The minimum Gasteiger partial charge on any atom is -0.426 e. The van der Waals surface area contributed by atoms with Crippen molar-refractivity contribution in [2.24, 2.45) is 11.8 Å². The molecular weight excluding hydrogens is 542 g/mol. The smallest absolute Gasteiger partial charge is 0.426 e. The molecule has 0 radical (unpaired) electrons. The molecule has 3 aliphatic heterocycles. The summed E-state index contributed by atoms with van der Waals surface area (Å²) in [7, 11) is -3.23. The molecule has 1 amide bonds. The van der Waals surface area contributed by atoms with E-state index in [9.17, 15) is 39.6 Å². The predicted molar refractivity (Wildman–Crippen MR) is 126 cm³/mol. The van der Waals surface area contributed by atoms with Gasteiger partial charge in [0.05, 0.1) is 6.26 Å². The molecule has 0 bridgehead atoms. The molecule has 214 valence electrons. The van der Waals surface area contributed by atoms with Gasteiger partial charge in [-0.3, -0.25) is 4.90 Å². The van der Waals surface area contributed by atoms with E-state index in [-0.39, 0.29) is 38.0 Å². The fraction of sp³-hybridized carbons (Fsp3) is 0.696. The summed E-state index contributed by atoms with van der Waals surface area (Å²) < 4.78 is 106. The van der Waals surface area contributed by atoms with Gasteiger partial charge in [-0.25, -0.2) is 17.5 Å². The molecule has 2 atom stereocenters. The van der Waals surface area contributed by atoms with E-state index in [0.717, 1.165) is 21.7 Å². The molecule has 2 unspecified atom stereocenters. The molecule has 3 aliphatic rings. The van der Waals surface area contributed by atoms with E-state index in [1.54, 1.807) is 0 Å². The second-order valence-electron chi connectivity index (χ2n) is 10.2. The van der Waals surface area contributed by atoms with Gasteiger partial charge in [-0.15, -0.1) is 0 Å². The summed E-state index contributed by atoms with van der Waals surface area (Å²) in [4.78, 5) is 17.1. The van der Waals surface area contributed by atoms with Crippen LogP contribution in [0.3, 0.4) is 0 Å². The van der Waals surface area contributed by atoms with Crippen LogP contribution in [0.15, 0.2) is 18.2 Å². The van der Waals surface area contributed by atoms with Crippen molar-refractivity contribution in [3.05, 3.63) is 29.3 Å². The highest BCUT2D eigenvalue weighted by atomic mass is 32.2. The fourth-order valence-corrected chi connectivity index (χ4v) is 6.27. The molecule has 0 aliphatic carbocycles. The van der Waals surface area contributed by atoms with Crippen LogP contribution in [0.4, 0.5) is 36.8 Å². The van der Waals surface area contributed by atoms with Gasteiger partial charge in [0.25, 0.3) is 6.10 Å². The number of fused-ring (bicyclic) bond motifs is 1. The number of ether oxygens (including phenoxy) is 1. The number of benzene rings is 1. The van der Waals surface area contributed by atoms with E-state index in [4.69, 9.17) is 0 Å². The van der Waals surface area contributed by atoms with E-state index in [1.807, 2.05) is 24.0 Å². The molecule has 38 heavy (non-hydrogen) atoms. The lowest BCUT2D eigenvalue weighted by molar-refractivity contribution is -0.308. The van der Waals surface area contributed by atoms with Gasteiger partial charge in [0, 0.05) is 64.6 Å². The first-order valence-corrected chi connectivity index (χ1v) is 14.0. The van der Waals surface area contributed by atoms with Crippen molar-refractivity contribution in [2.75, 3.05) is 63.5 Å². The molecule has 4 rings (SSSR count). The Morgan fingerprint density at radius 1 is 0.974 bits per heavy atom. The van der Waals surface area contributed by atoms with Crippen LogP contribution in [0, 0.1) is 18.8 Å². The zero-order valence-electron chi connectivity index (χ0n) is 20.9. The molecule has 0 N–H and O–H groups in total. The maximum atomic E-state index is 12.7. The lowest BCUT2D eigenvalue weighted by atomic mass is 10.0. The summed E-state index contributed by atoms with van der Waals surface area (Å²) >= 11 is 0. The SMILES string of the molecule is Cc1ccc(CN2CCN(C(=O)OC(C(F)(F)F)C(F)(F)F)CC2)c(N2CC3CN(S(C)(=O)=O)CC3C2)c1. The number of sulfonamides is 1. The van der Waals surface area contributed by atoms with Gasteiger partial charge in [-0.05, 0) is 36.0 Å². The first-order chi connectivity index (χ1) is 17.5. The highest BCUT2D eigenvalue weighted by Gasteiger charge is 2.60. The quantitative estimate of drug-likeness (QED) is 0.506. The predicted octanol–water partition coefficient (Wildman–Crippen LogP) is 3.07. The number of hydrogen-bond acceptors (Lipinski definition) is 6. The maximum absolute atomic E-state index is 12.7. The lowest BCUT2D eigenvalue weighted by Crippen LogP contribution is -2.52. The van der Waals surface area contributed by atoms with Crippen molar-refractivity contribution in [3.8, 4) is 0 Å². The van der Waals surface area contributed by atoms with Crippen molar-refractivity contribution < 1.29 is 44.3 Å². The Kier molecular flexibility index (Phi) is 7.85. The highest BCUT2D eigenvalue weighted by molar-refractivity contribution is 7.88. The number of anilines is 1. The van der Waals surface area contributed by atoms with Gasteiger partial charge in [0.1, 0.15) is 0 Å². The largest absolute Gasteiger partial charge is 0.434 e. The summed E-state index contributed by atoms with van der Waals surface area (Å²) in [5.74, 6) is 0.453. The van der Waals surface area contributed by atoms with Crippen molar-refractivity contribution >= 4 is 21.8 Å². The number of halogens is 6. The van der Waals surface area contributed by atoms with Crippen molar-refractivity contribution in [2.45, 2.75) is 31.9 Å². The van der Waals surface area contributed by atoms with E-state index in [0.29, 0.717) is 32.7 Å². The second-order valence-corrected chi connectivity index (χ2v) is 12.2. The van der Waals surface area contributed by atoms with E-state index < -0.39 is 34.6 Å². The number of aryl methyl sites for hydroxylation is 1. The van der Waals surface area contributed by atoms with Crippen molar-refractivity contribution in [1.29, 1.82) is 0 Å². The van der Waals surface area contributed by atoms with Gasteiger partial charge in [-0.1, -0.05) is 12.1 Å². The molecule has 3 fully saturated rings. The maximum Gasteiger partial charge on any atom is 0.434 e. The average molecular weight is 573 g/mol. The normalized spacial score (nSPS) is 23.8. The van der Waals surface area contributed by atoms with Crippen LogP contribution in [0.1, 0.15) is 11.1 Å². The number of carbonyl (C=O) groups excluding carboxylic acids is 1.